The molecule has 0 saturated carbocycles. The predicted octanol–water partition coefficient (Wildman–Crippen LogP) is 5.54. The van der Waals surface area contributed by atoms with Gasteiger partial charge in [0.25, 0.3) is 0 Å². The van der Waals surface area contributed by atoms with Gasteiger partial charge in [0.2, 0.25) is 0 Å². The van der Waals surface area contributed by atoms with E-state index in [4.69, 9.17) is 11.6 Å². The maximum Gasteiger partial charge on any atom is 0.143 e. The van der Waals surface area contributed by atoms with Crippen molar-refractivity contribution in [2.24, 2.45) is 0 Å². The Hall–Kier alpha value is -2.85. The Morgan fingerprint density at radius 3 is 2.54 bits per heavy atom. The predicted molar refractivity (Wildman–Crippen MR) is 95.3 cm³/mol. The zero-order valence-corrected chi connectivity index (χ0v) is 13.3. The van der Waals surface area contributed by atoms with Gasteiger partial charge < -0.3 is 5.32 Å². The Bertz CT molecular complexity index is 1010. The van der Waals surface area contributed by atoms with E-state index in [9.17, 15) is 4.39 Å². The van der Waals surface area contributed by atoms with Crippen LogP contribution in [0.3, 0.4) is 0 Å². The summed E-state index contributed by atoms with van der Waals surface area (Å²) in [5, 5.41) is 3.47. The van der Waals surface area contributed by atoms with E-state index < -0.39 is 5.82 Å². The summed E-state index contributed by atoms with van der Waals surface area (Å²) in [5.41, 5.74) is 3.04. The molecule has 1 N–H and O–H groups in total. The maximum absolute atomic E-state index is 13.9. The number of imidazole rings is 1. The van der Waals surface area contributed by atoms with Crippen LogP contribution in [-0.4, -0.2) is 9.38 Å². The van der Waals surface area contributed by atoms with Crippen molar-refractivity contribution in [2.75, 3.05) is 5.32 Å². The van der Waals surface area contributed by atoms with Crippen LogP contribution in [0.25, 0.3) is 16.9 Å². The number of benzene rings is 2. The fourth-order valence-electron chi connectivity index (χ4n) is 2.62. The van der Waals surface area contributed by atoms with Crippen molar-refractivity contribution >= 4 is 28.8 Å². The van der Waals surface area contributed by atoms with Crippen molar-refractivity contribution in [1.29, 1.82) is 0 Å². The number of halogens is 2. The molecule has 0 atom stereocenters. The molecule has 3 nitrogen and oxygen atoms in total. The second-order valence-corrected chi connectivity index (χ2v) is 5.76. The minimum atomic E-state index is -0.461. The summed E-state index contributed by atoms with van der Waals surface area (Å²) >= 11 is 5.80. The van der Waals surface area contributed by atoms with Crippen molar-refractivity contribution in [3.63, 3.8) is 0 Å². The highest BCUT2D eigenvalue weighted by Gasteiger charge is 2.15. The third-order valence-corrected chi connectivity index (χ3v) is 4.07. The molecule has 0 unspecified atom stereocenters. The van der Waals surface area contributed by atoms with Gasteiger partial charge in [-0.05, 0) is 36.4 Å². The monoisotopic (exact) mass is 337 g/mol. The Morgan fingerprint density at radius 2 is 1.75 bits per heavy atom. The van der Waals surface area contributed by atoms with Crippen molar-refractivity contribution in [1.82, 2.24) is 9.38 Å². The number of rotatable bonds is 3. The summed E-state index contributed by atoms with van der Waals surface area (Å²) in [6, 6.07) is 20.3. The van der Waals surface area contributed by atoms with Gasteiger partial charge in [0.1, 0.15) is 23.0 Å². The first kappa shape index (κ1) is 14.7. The quantitative estimate of drug-likeness (QED) is 0.532. The lowest BCUT2D eigenvalue weighted by atomic mass is 10.1. The first-order valence-electron chi connectivity index (χ1n) is 7.47. The maximum atomic E-state index is 13.9. The van der Waals surface area contributed by atoms with Gasteiger partial charge >= 0.3 is 0 Å². The first-order chi connectivity index (χ1) is 11.7. The molecule has 2 aromatic heterocycles. The normalized spacial score (nSPS) is 10.9. The molecule has 4 aromatic rings. The van der Waals surface area contributed by atoms with Gasteiger partial charge in [-0.15, -0.1) is 0 Å². The van der Waals surface area contributed by atoms with Gasteiger partial charge in [-0.2, -0.15) is 0 Å². The fraction of sp³-hybridized carbons (Fsp3) is 0. The number of nitrogens with zero attached hydrogens (tertiary/aromatic N) is 2. The average molecular weight is 338 g/mol. The second-order valence-electron chi connectivity index (χ2n) is 5.36. The van der Waals surface area contributed by atoms with Crippen LogP contribution in [-0.2, 0) is 0 Å². The van der Waals surface area contributed by atoms with Crippen LogP contribution in [0.15, 0.2) is 72.9 Å². The molecule has 0 aliphatic rings. The molecule has 0 aliphatic heterocycles. The van der Waals surface area contributed by atoms with Crippen LogP contribution in [0, 0.1) is 5.82 Å². The Labute approximate surface area is 143 Å². The first-order valence-corrected chi connectivity index (χ1v) is 7.85. The molecule has 0 radical (unpaired) electrons. The summed E-state index contributed by atoms with van der Waals surface area (Å²) in [5.74, 6) is 0.315. The van der Waals surface area contributed by atoms with Crippen LogP contribution in [0.4, 0.5) is 15.9 Å². The largest absolute Gasteiger partial charge is 0.339 e. The lowest BCUT2D eigenvalue weighted by Gasteiger charge is -2.09. The number of fused-ring (bicyclic) bond motifs is 1. The number of anilines is 2. The number of nitrogens with one attached hydrogen (secondary N) is 1. The lowest BCUT2D eigenvalue weighted by Crippen LogP contribution is -1.96. The van der Waals surface area contributed by atoms with Crippen molar-refractivity contribution in [3.8, 4) is 11.3 Å². The van der Waals surface area contributed by atoms with Gasteiger partial charge in [-0.3, -0.25) is 4.40 Å². The van der Waals surface area contributed by atoms with E-state index in [1.54, 1.807) is 12.1 Å². The number of hydrogen-bond acceptors (Lipinski definition) is 2. The molecule has 24 heavy (non-hydrogen) atoms. The number of para-hydroxylation sites is 1. The fourth-order valence-corrected chi connectivity index (χ4v) is 2.74. The second kappa shape index (κ2) is 5.98. The summed E-state index contributed by atoms with van der Waals surface area (Å²) in [6.45, 7) is 0. The Morgan fingerprint density at radius 1 is 0.958 bits per heavy atom. The average Bonchev–Trinajstić information content (AvgIpc) is 2.97. The number of aromatic nitrogens is 2. The van der Waals surface area contributed by atoms with Crippen LogP contribution in [0.5, 0.6) is 0 Å². The van der Waals surface area contributed by atoms with Crippen molar-refractivity contribution < 1.29 is 4.39 Å². The third-order valence-electron chi connectivity index (χ3n) is 3.76. The SMILES string of the molecule is Fc1cc(-c2nc3ccccn3c2Nc2ccccc2)ccc1Cl. The number of pyridine rings is 1. The summed E-state index contributed by atoms with van der Waals surface area (Å²) in [4.78, 5) is 4.64. The highest BCUT2D eigenvalue weighted by atomic mass is 35.5. The summed E-state index contributed by atoms with van der Waals surface area (Å²) in [7, 11) is 0. The van der Waals surface area contributed by atoms with E-state index in [1.807, 2.05) is 59.1 Å². The molecular weight excluding hydrogens is 325 g/mol. The van der Waals surface area contributed by atoms with Crippen molar-refractivity contribution in [2.45, 2.75) is 0 Å². The van der Waals surface area contributed by atoms with E-state index in [-0.39, 0.29) is 5.02 Å². The molecule has 0 spiro atoms. The molecule has 2 heterocycles. The smallest absolute Gasteiger partial charge is 0.143 e. The topological polar surface area (TPSA) is 29.3 Å². The van der Waals surface area contributed by atoms with E-state index in [0.29, 0.717) is 11.3 Å². The van der Waals surface area contributed by atoms with E-state index >= 15 is 0 Å². The van der Waals surface area contributed by atoms with Gasteiger partial charge in [0.15, 0.2) is 0 Å². The molecule has 5 heteroatoms. The molecular formula is C19H13ClFN3. The lowest BCUT2D eigenvalue weighted by molar-refractivity contribution is 0.629. The van der Waals surface area contributed by atoms with E-state index in [2.05, 4.69) is 10.3 Å². The van der Waals surface area contributed by atoms with E-state index in [1.165, 1.54) is 6.07 Å². The minimum absolute atomic E-state index is 0.0973. The van der Waals surface area contributed by atoms with Gasteiger partial charge in [0, 0.05) is 17.4 Å². The highest BCUT2D eigenvalue weighted by Crippen LogP contribution is 2.32. The summed E-state index contributed by atoms with van der Waals surface area (Å²) in [6.07, 6.45) is 1.92. The van der Waals surface area contributed by atoms with E-state index in [0.717, 1.165) is 17.2 Å². The minimum Gasteiger partial charge on any atom is -0.339 e. The molecule has 0 bridgehead atoms. The Balaban J connectivity index is 1.91. The molecule has 0 saturated heterocycles. The van der Waals surface area contributed by atoms with Crippen LogP contribution in [0.1, 0.15) is 0 Å². The van der Waals surface area contributed by atoms with Crippen LogP contribution in [0.2, 0.25) is 5.02 Å². The molecule has 0 fully saturated rings. The van der Waals surface area contributed by atoms with Crippen LogP contribution < -0.4 is 5.32 Å². The molecule has 0 aliphatic carbocycles. The molecule has 118 valence electrons. The zero-order chi connectivity index (χ0) is 16.5. The van der Waals surface area contributed by atoms with Crippen LogP contribution >= 0.6 is 11.6 Å². The van der Waals surface area contributed by atoms with Crippen molar-refractivity contribution in [3.05, 3.63) is 83.8 Å². The molecule has 2 aromatic carbocycles. The standard InChI is InChI=1S/C19H13ClFN3/c20-15-10-9-13(12-16(15)21)18-19(22-14-6-2-1-3-7-14)24-11-5-4-8-17(24)23-18/h1-12,22H. The van der Waals surface area contributed by atoms with Gasteiger partial charge in [-0.25, -0.2) is 9.37 Å². The summed E-state index contributed by atoms with van der Waals surface area (Å²) < 4.78 is 15.8. The highest BCUT2D eigenvalue weighted by molar-refractivity contribution is 6.30. The Kier molecular flexibility index (Phi) is 3.67. The van der Waals surface area contributed by atoms with Gasteiger partial charge in [0.05, 0.1) is 5.02 Å². The number of hydrogen-bond donors (Lipinski definition) is 1. The third kappa shape index (κ3) is 2.61. The molecule has 0 amide bonds. The van der Waals surface area contributed by atoms with Gasteiger partial charge in [-0.1, -0.05) is 41.9 Å². The molecule has 4 rings (SSSR count). The zero-order valence-electron chi connectivity index (χ0n) is 12.6.